The third-order valence-corrected chi connectivity index (χ3v) is 5.11. The number of nitrogens with zero attached hydrogens (tertiary/aromatic N) is 4. The van der Waals surface area contributed by atoms with E-state index in [0.29, 0.717) is 24.8 Å². The van der Waals surface area contributed by atoms with E-state index >= 15 is 0 Å². The van der Waals surface area contributed by atoms with Crippen LogP contribution in [0.2, 0.25) is 0 Å². The number of carbonyl (C=O) groups excluding carboxylic acids is 1. The predicted molar refractivity (Wildman–Crippen MR) is 94.6 cm³/mol. The van der Waals surface area contributed by atoms with E-state index in [1.807, 2.05) is 17.9 Å². The molecular weight excluding hydrogens is 320 g/mol. The Balaban J connectivity index is 1.46. The van der Waals surface area contributed by atoms with Gasteiger partial charge in [-0.2, -0.15) is 4.98 Å². The van der Waals surface area contributed by atoms with Crippen LogP contribution in [0.15, 0.2) is 10.9 Å². The van der Waals surface area contributed by atoms with Crippen molar-refractivity contribution in [1.82, 2.24) is 19.4 Å². The second-order valence-electron chi connectivity index (χ2n) is 7.04. The van der Waals surface area contributed by atoms with Crippen LogP contribution < -0.4 is 5.69 Å². The highest BCUT2D eigenvalue weighted by molar-refractivity contribution is 5.76. The van der Waals surface area contributed by atoms with Crippen molar-refractivity contribution in [2.45, 2.75) is 45.8 Å². The number of rotatable bonds is 5. The van der Waals surface area contributed by atoms with E-state index in [-0.39, 0.29) is 11.6 Å². The molecule has 0 aromatic carbocycles. The minimum Gasteiger partial charge on any atom is -0.377 e. The van der Waals surface area contributed by atoms with Crippen LogP contribution in [0.3, 0.4) is 0 Å². The van der Waals surface area contributed by atoms with Crippen molar-refractivity contribution in [1.29, 1.82) is 0 Å². The number of aromatic nitrogens is 2. The summed E-state index contributed by atoms with van der Waals surface area (Å²) in [5, 5.41) is 0. The summed E-state index contributed by atoms with van der Waals surface area (Å²) in [6, 6.07) is 1.87. The Kier molecular flexibility index (Phi) is 5.86. The Labute approximate surface area is 148 Å². The van der Waals surface area contributed by atoms with Crippen LogP contribution in [-0.2, 0) is 16.1 Å². The van der Waals surface area contributed by atoms with Gasteiger partial charge in [-0.05, 0) is 32.8 Å². The standard InChI is InChI=1S/C18H28N4O3/c1-14-12-15(2)22(18(24)19-14)6-5-17(23)21-9-7-20(8-10-21)13-16-4-3-11-25-16/h12,16H,3-11,13H2,1-2H3/t16-/m0/s1. The van der Waals surface area contributed by atoms with Crippen LogP contribution in [0.25, 0.3) is 0 Å². The molecule has 2 saturated heterocycles. The highest BCUT2D eigenvalue weighted by atomic mass is 16.5. The topological polar surface area (TPSA) is 67.7 Å². The molecule has 0 radical (unpaired) electrons. The monoisotopic (exact) mass is 348 g/mol. The molecule has 1 aromatic rings. The van der Waals surface area contributed by atoms with E-state index in [2.05, 4.69) is 9.88 Å². The molecule has 0 saturated carbocycles. The van der Waals surface area contributed by atoms with Crippen molar-refractivity contribution in [3.8, 4) is 0 Å². The first-order valence-corrected chi connectivity index (χ1v) is 9.20. The van der Waals surface area contributed by atoms with Crippen LogP contribution in [-0.4, -0.2) is 70.7 Å². The Morgan fingerprint density at radius 2 is 2.04 bits per heavy atom. The first-order valence-electron chi connectivity index (χ1n) is 9.20. The maximum atomic E-state index is 12.5. The van der Waals surface area contributed by atoms with Gasteiger partial charge in [-0.3, -0.25) is 14.3 Å². The molecule has 7 heteroatoms. The summed E-state index contributed by atoms with van der Waals surface area (Å²) in [5.74, 6) is 0.114. The number of ether oxygens (including phenoxy) is 1. The SMILES string of the molecule is Cc1cc(C)n(CCC(=O)N2CCN(C[C@@H]3CCCO3)CC2)c(=O)n1. The number of hydrogen-bond donors (Lipinski definition) is 0. The average molecular weight is 348 g/mol. The summed E-state index contributed by atoms with van der Waals surface area (Å²) in [7, 11) is 0. The van der Waals surface area contributed by atoms with Gasteiger partial charge < -0.3 is 9.64 Å². The number of hydrogen-bond acceptors (Lipinski definition) is 5. The summed E-state index contributed by atoms with van der Waals surface area (Å²) in [5.41, 5.74) is 1.30. The maximum absolute atomic E-state index is 12.5. The molecule has 2 fully saturated rings. The quantitative estimate of drug-likeness (QED) is 0.778. The minimum atomic E-state index is -0.272. The highest BCUT2D eigenvalue weighted by Gasteiger charge is 2.24. The molecule has 7 nitrogen and oxygen atoms in total. The summed E-state index contributed by atoms with van der Waals surface area (Å²) in [6.07, 6.45) is 3.02. The van der Waals surface area contributed by atoms with Gasteiger partial charge in [0.25, 0.3) is 0 Å². The minimum absolute atomic E-state index is 0.114. The molecule has 2 aliphatic rings. The molecule has 0 spiro atoms. The predicted octanol–water partition coefficient (Wildman–Crippen LogP) is 0.573. The van der Waals surface area contributed by atoms with E-state index in [1.165, 1.54) is 0 Å². The first-order chi connectivity index (χ1) is 12.0. The molecular formula is C18H28N4O3. The van der Waals surface area contributed by atoms with Gasteiger partial charge in [-0.15, -0.1) is 0 Å². The molecule has 0 N–H and O–H groups in total. The molecule has 0 aliphatic carbocycles. The van der Waals surface area contributed by atoms with Crippen LogP contribution in [0.5, 0.6) is 0 Å². The number of amides is 1. The zero-order valence-electron chi connectivity index (χ0n) is 15.2. The molecule has 1 aromatic heterocycles. The number of carbonyl (C=O) groups is 1. The first kappa shape index (κ1) is 18.1. The molecule has 0 unspecified atom stereocenters. The van der Waals surface area contributed by atoms with Crippen molar-refractivity contribution in [3.05, 3.63) is 27.9 Å². The van der Waals surface area contributed by atoms with Gasteiger partial charge >= 0.3 is 5.69 Å². The fourth-order valence-electron chi connectivity index (χ4n) is 3.67. The molecule has 138 valence electrons. The third kappa shape index (κ3) is 4.67. The van der Waals surface area contributed by atoms with Crippen molar-refractivity contribution in [2.75, 3.05) is 39.3 Å². The lowest BCUT2D eigenvalue weighted by atomic mass is 10.2. The van der Waals surface area contributed by atoms with Gasteiger partial charge in [-0.1, -0.05) is 0 Å². The molecule has 3 rings (SSSR count). The average Bonchev–Trinajstić information content (AvgIpc) is 3.07. The van der Waals surface area contributed by atoms with E-state index < -0.39 is 0 Å². The summed E-state index contributed by atoms with van der Waals surface area (Å²) < 4.78 is 7.27. The Bertz CT molecular complexity index is 659. The smallest absolute Gasteiger partial charge is 0.347 e. The normalized spacial score (nSPS) is 21.7. The summed E-state index contributed by atoms with van der Waals surface area (Å²) in [4.78, 5) is 32.7. The second kappa shape index (κ2) is 8.10. The largest absolute Gasteiger partial charge is 0.377 e. The summed E-state index contributed by atoms with van der Waals surface area (Å²) >= 11 is 0. The van der Waals surface area contributed by atoms with Crippen LogP contribution in [0, 0.1) is 13.8 Å². The molecule has 1 amide bonds. The lowest BCUT2D eigenvalue weighted by molar-refractivity contribution is -0.133. The number of aryl methyl sites for hydroxylation is 2. The molecule has 3 heterocycles. The van der Waals surface area contributed by atoms with Crippen LogP contribution in [0.4, 0.5) is 0 Å². The fourth-order valence-corrected chi connectivity index (χ4v) is 3.67. The second-order valence-corrected chi connectivity index (χ2v) is 7.04. The maximum Gasteiger partial charge on any atom is 0.347 e. The lowest BCUT2D eigenvalue weighted by Crippen LogP contribution is -2.50. The highest BCUT2D eigenvalue weighted by Crippen LogP contribution is 2.14. The Hall–Kier alpha value is -1.73. The van der Waals surface area contributed by atoms with Gasteiger partial charge in [0.2, 0.25) is 5.91 Å². The summed E-state index contributed by atoms with van der Waals surface area (Å²) in [6.45, 7) is 9.25. The van der Waals surface area contributed by atoms with Crippen molar-refractivity contribution in [2.24, 2.45) is 0 Å². The van der Waals surface area contributed by atoms with Crippen molar-refractivity contribution in [3.63, 3.8) is 0 Å². The zero-order valence-corrected chi connectivity index (χ0v) is 15.2. The lowest BCUT2D eigenvalue weighted by Gasteiger charge is -2.35. The van der Waals surface area contributed by atoms with Crippen molar-refractivity contribution < 1.29 is 9.53 Å². The van der Waals surface area contributed by atoms with Gasteiger partial charge in [-0.25, -0.2) is 4.79 Å². The van der Waals surface area contributed by atoms with Gasteiger partial charge in [0.15, 0.2) is 0 Å². The van der Waals surface area contributed by atoms with Crippen LogP contribution in [0.1, 0.15) is 30.7 Å². The third-order valence-electron chi connectivity index (χ3n) is 5.11. The van der Waals surface area contributed by atoms with Crippen LogP contribution >= 0.6 is 0 Å². The molecule has 1 atom stereocenters. The van der Waals surface area contributed by atoms with Gasteiger partial charge in [0.05, 0.1) is 6.10 Å². The fraction of sp³-hybridized carbons (Fsp3) is 0.722. The molecule has 25 heavy (non-hydrogen) atoms. The van der Waals surface area contributed by atoms with Crippen molar-refractivity contribution >= 4 is 5.91 Å². The van der Waals surface area contributed by atoms with E-state index in [4.69, 9.17) is 4.74 Å². The molecule has 2 aliphatic heterocycles. The van der Waals surface area contributed by atoms with E-state index in [1.54, 1.807) is 11.5 Å². The number of piperazine rings is 1. The Morgan fingerprint density at radius 1 is 1.28 bits per heavy atom. The van der Waals surface area contributed by atoms with E-state index in [0.717, 1.165) is 57.9 Å². The molecule has 0 bridgehead atoms. The van der Waals surface area contributed by atoms with E-state index in [9.17, 15) is 9.59 Å². The van der Waals surface area contributed by atoms with Gasteiger partial charge in [0.1, 0.15) is 0 Å². The van der Waals surface area contributed by atoms with Gasteiger partial charge in [0, 0.05) is 63.7 Å². The Morgan fingerprint density at radius 3 is 2.68 bits per heavy atom. The zero-order chi connectivity index (χ0) is 17.8.